The Balaban J connectivity index is 1.18. The second kappa shape index (κ2) is 13.0. The number of fused-ring (bicyclic) bond motifs is 3. The molecule has 0 bridgehead atoms. The fourth-order valence-electron chi connectivity index (χ4n) is 7.36. The first kappa shape index (κ1) is 33.0. The molecule has 0 spiro atoms. The summed E-state index contributed by atoms with van der Waals surface area (Å²) < 4.78 is 35.0. The third kappa shape index (κ3) is 6.68. The van der Waals surface area contributed by atoms with Gasteiger partial charge in [-0.1, -0.05) is 78.8 Å². The Morgan fingerprint density at radius 2 is 1.83 bits per heavy atom. The number of carbonyl (C=O) groups excluding carboxylic acids is 3. The molecule has 48 heavy (non-hydrogen) atoms. The standard InChI is InChI=1S/C37H43N3O6S2/c1-36(18-19-36)48(44,45)39-34(43)37-22-27(37)15-9-4-2-3-8-14-26(20-25-12-6-5-7-13-25)33(42)40-24-28(21-30(40)31(41)23-37)46-35-38-29-16-10-11-17-32(29)47-35/h5-7,9-13,15-17,26-28,30H,2-4,8,14,18-24H2,1H3,(H,39,43)/b15-9-/t26-,27-,28-,30+,37-/m1/s1. The van der Waals surface area contributed by atoms with Gasteiger partial charge in [0.2, 0.25) is 21.8 Å². The zero-order valence-electron chi connectivity index (χ0n) is 27.3. The van der Waals surface area contributed by atoms with Crippen LogP contribution in [0.4, 0.5) is 0 Å². The van der Waals surface area contributed by atoms with Crippen molar-refractivity contribution in [2.24, 2.45) is 17.3 Å². The van der Waals surface area contributed by atoms with Gasteiger partial charge in [-0.15, -0.1) is 0 Å². The molecule has 1 saturated heterocycles. The maximum atomic E-state index is 14.5. The van der Waals surface area contributed by atoms with Crippen LogP contribution in [0.1, 0.15) is 76.7 Å². The summed E-state index contributed by atoms with van der Waals surface area (Å²) in [6.07, 6.45) is 10.1. The molecular weight excluding hydrogens is 647 g/mol. The summed E-state index contributed by atoms with van der Waals surface area (Å²) in [6, 6.07) is 17.0. The predicted molar refractivity (Wildman–Crippen MR) is 185 cm³/mol. The van der Waals surface area contributed by atoms with Gasteiger partial charge in [0.1, 0.15) is 6.10 Å². The van der Waals surface area contributed by atoms with Crippen LogP contribution >= 0.6 is 11.3 Å². The Bertz CT molecular complexity index is 1800. The van der Waals surface area contributed by atoms with Crippen LogP contribution in [0.15, 0.2) is 66.7 Å². The van der Waals surface area contributed by atoms with Crippen molar-refractivity contribution in [3.63, 3.8) is 0 Å². The zero-order valence-corrected chi connectivity index (χ0v) is 28.9. The molecule has 1 aromatic heterocycles. The minimum absolute atomic E-state index is 0.0734. The molecule has 3 aromatic rings. The number of aromatic nitrogens is 1. The molecule has 2 saturated carbocycles. The number of sulfonamides is 1. The lowest BCUT2D eigenvalue weighted by atomic mass is 9.90. The zero-order chi connectivity index (χ0) is 33.5. The van der Waals surface area contributed by atoms with E-state index in [2.05, 4.69) is 15.8 Å². The van der Waals surface area contributed by atoms with E-state index in [-0.39, 0.29) is 42.9 Å². The first-order valence-electron chi connectivity index (χ1n) is 17.2. The van der Waals surface area contributed by atoms with Crippen molar-refractivity contribution < 1.29 is 27.5 Å². The van der Waals surface area contributed by atoms with E-state index >= 15 is 0 Å². The number of allylic oxidation sites excluding steroid dienone is 2. The van der Waals surface area contributed by atoms with Gasteiger partial charge >= 0.3 is 0 Å². The van der Waals surface area contributed by atoms with Gasteiger partial charge in [0.05, 0.1) is 33.0 Å². The maximum absolute atomic E-state index is 14.5. The highest BCUT2D eigenvalue weighted by Gasteiger charge is 2.62. The van der Waals surface area contributed by atoms with Crippen LogP contribution in [0.3, 0.4) is 0 Å². The minimum Gasteiger partial charge on any atom is -0.465 e. The van der Waals surface area contributed by atoms with Crippen molar-refractivity contribution in [3.8, 4) is 5.19 Å². The van der Waals surface area contributed by atoms with E-state index < -0.39 is 38.2 Å². The van der Waals surface area contributed by atoms with E-state index in [1.54, 1.807) is 11.8 Å². The predicted octanol–water partition coefficient (Wildman–Crippen LogP) is 5.99. The van der Waals surface area contributed by atoms with Gasteiger partial charge in [0.25, 0.3) is 5.19 Å². The summed E-state index contributed by atoms with van der Waals surface area (Å²) in [5.41, 5.74) is 0.746. The molecule has 2 aliphatic carbocycles. The molecule has 4 aliphatic rings. The topological polar surface area (TPSA) is 123 Å². The average molecular weight is 690 g/mol. The number of nitrogens with zero attached hydrogens (tertiary/aromatic N) is 2. The summed E-state index contributed by atoms with van der Waals surface area (Å²) in [7, 11) is -3.87. The molecule has 1 N–H and O–H groups in total. The van der Waals surface area contributed by atoms with Crippen molar-refractivity contribution >= 4 is 49.2 Å². The van der Waals surface area contributed by atoms with Crippen LogP contribution in [0, 0.1) is 17.3 Å². The lowest BCUT2D eigenvalue weighted by Crippen LogP contribution is -2.47. The molecule has 2 aromatic carbocycles. The van der Waals surface area contributed by atoms with E-state index in [0.717, 1.165) is 41.5 Å². The van der Waals surface area contributed by atoms with Gasteiger partial charge < -0.3 is 9.64 Å². The molecule has 3 heterocycles. The number of thiazole rings is 1. The minimum atomic E-state index is -3.87. The molecule has 0 unspecified atom stereocenters. The summed E-state index contributed by atoms with van der Waals surface area (Å²) in [4.78, 5) is 49.0. The molecule has 3 fully saturated rings. The highest BCUT2D eigenvalue weighted by atomic mass is 32.2. The van der Waals surface area contributed by atoms with Crippen molar-refractivity contribution in [1.29, 1.82) is 0 Å². The second-order valence-electron chi connectivity index (χ2n) is 14.4. The molecule has 2 amide bonds. The first-order valence-corrected chi connectivity index (χ1v) is 19.5. The molecule has 254 valence electrons. The molecular formula is C37H43N3O6S2. The number of ketones is 1. The normalized spacial score (nSPS) is 29.6. The lowest BCUT2D eigenvalue weighted by Gasteiger charge is -2.29. The van der Waals surface area contributed by atoms with Gasteiger partial charge in [-0.25, -0.2) is 13.4 Å². The summed E-state index contributed by atoms with van der Waals surface area (Å²) in [5.74, 6) is -1.45. The number of carbonyl (C=O) groups is 3. The highest BCUT2D eigenvalue weighted by Crippen LogP contribution is 2.57. The van der Waals surface area contributed by atoms with Crippen LogP contribution in [0.25, 0.3) is 10.2 Å². The number of benzene rings is 2. The van der Waals surface area contributed by atoms with E-state index in [0.29, 0.717) is 37.3 Å². The van der Waals surface area contributed by atoms with Crippen molar-refractivity contribution in [2.45, 2.75) is 94.4 Å². The van der Waals surface area contributed by atoms with Crippen LogP contribution < -0.4 is 9.46 Å². The Hall–Kier alpha value is -3.57. The number of Topliss-reactive ketones (excluding diaryl/α,β-unsaturated/α-hetero) is 1. The summed E-state index contributed by atoms with van der Waals surface area (Å²) in [6.45, 7) is 1.89. The molecule has 2 aliphatic heterocycles. The van der Waals surface area contributed by atoms with Crippen LogP contribution in [-0.2, 0) is 30.8 Å². The van der Waals surface area contributed by atoms with Gasteiger partial charge in [0, 0.05) is 18.8 Å². The van der Waals surface area contributed by atoms with Gasteiger partial charge in [0.15, 0.2) is 5.78 Å². The lowest BCUT2D eigenvalue weighted by molar-refractivity contribution is -0.142. The van der Waals surface area contributed by atoms with Gasteiger partial charge in [-0.05, 0) is 75.5 Å². The molecule has 7 rings (SSSR count). The number of hydrogen-bond acceptors (Lipinski definition) is 8. The number of hydrogen-bond donors (Lipinski definition) is 1. The number of amides is 2. The number of ether oxygens (including phenoxy) is 1. The average Bonchev–Trinajstić information content (AvgIpc) is 3.87. The van der Waals surface area contributed by atoms with E-state index in [9.17, 15) is 22.8 Å². The number of rotatable bonds is 7. The molecule has 9 nitrogen and oxygen atoms in total. The van der Waals surface area contributed by atoms with Crippen molar-refractivity contribution in [1.82, 2.24) is 14.6 Å². The molecule has 0 radical (unpaired) electrons. The van der Waals surface area contributed by atoms with E-state index in [1.807, 2.05) is 60.7 Å². The Morgan fingerprint density at radius 1 is 1.06 bits per heavy atom. The number of nitrogens with one attached hydrogen (secondary N) is 1. The van der Waals surface area contributed by atoms with E-state index in [1.165, 1.54) is 11.3 Å². The highest BCUT2D eigenvalue weighted by molar-refractivity contribution is 7.91. The van der Waals surface area contributed by atoms with E-state index in [4.69, 9.17) is 4.74 Å². The fraction of sp³-hybridized carbons (Fsp3) is 0.514. The maximum Gasteiger partial charge on any atom is 0.274 e. The van der Waals surface area contributed by atoms with Gasteiger partial charge in [-0.2, -0.15) is 0 Å². The van der Waals surface area contributed by atoms with Gasteiger partial charge in [-0.3, -0.25) is 19.1 Å². The SMILES string of the molecule is CC1(S(=O)(=O)NC(=O)[C@]23CC(=O)[C@@H]4C[C@@H](Oc5nc6ccccc6s5)CN4C(=O)[C@@H](Cc4ccccc4)CCCCC/C=C\[C@@H]2C3)CC1. The fourth-order valence-corrected chi connectivity index (χ4v) is 9.58. The van der Waals surface area contributed by atoms with Crippen LogP contribution in [0.5, 0.6) is 5.19 Å². The van der Waals surface area contributed by atoms with Crippen molar-refractivity contribution in [2.75, 3.05) is 6.54 Å². The largest absolute Gasteiger partial charge is 0.465 e. The van der Waals surface area contributed by atoms with Crippen LogP contribution in [0.2, 0.25) is 0 Å². The Labute approximate surface area is 286 Å². The summed E-state index contributed by atoms with van der Waals surface area (Å²) >= 11 is 1.43. The van der Waals surface area contributed by atoms with Crippen molar-refractivity contribution in [3.05, 3.63) is 72.3 Å². The summed E-state index contributed by atoms with van der Waals surface area (Å²) in [5, 5.41) is 0.492. The third-order valence-electron chi connectivity index (χ3n) is 10.8. The Morgan fingerprint density at radius 3 is 2.60 bits per heavy atom. The quantitative estimate of drug-likeness (QED) is 0.303. The molecule has 11 heteroatoms. The molecule has 5 atom stereocenters. The number of para-hydroxylation sites is 1. The first-order chi connectivity index (χ1) is 23.1. The smallest absolute Gasteiger partial charge is 0.274 e. The second-order valence-corrected chi connectivity index (χ2v) is 17.6. The third-order valence-corrected chi connectivity index (χ3v) is 13.9. The monoisotopic (exact) mass is 689 g/mol. The Kier molecular flexibility index (Phi) is 8.95. The van der Waals surface area contributed by atoms with Crippen LogP contribution in [-0.4, -0.2) is 59.3 Å².